The Labute approximate surface area is 145 Å². The van der Waals surface area contributed by atoms with E-state index in [4.69, 9.17) is 9.47 Å². The lowest BCUT2D eigenvalue weighted by molar-refractivity contribution is -0.126. The van der Waals surface area contributed by atoms with Crippen molar-refractivity contribution in [3.05, 3.63) is 53.6 Å². The first-order valence-corrected chi connectivity index (χ1v) is 8.20. The summed E-state index contributed by atoms with van der Waals surface area (Å²) in [6.07, 6.45) is 0.150. The molecule has 2 heterocycles. The lowest BCUT2D eigenvalue weighted by atomic mass is 9.89. The Morgan fingerprint density at radius 1 is 1.20 bits per heavy atom. The van der Waals surface area contributed by atoms with E-state index in [1.165, 1.54) is 0 Å². The largest absolute Gasteiger partial charge is 0.454 e. The minimum Gasteiger partial charge on any atom is -0.454 e. The second kappa shape index (κ2) is 6.12. The van der Waals surface area contributed by atoms with Crippen molar-refractivity contribution in [1.29, 1.82) is 0 Å². The summed E-state index contributed by atoms with van der Waals surface area (Å²) in [6.45, 7) is 2.12. The van der Waals surface area contributed by atoms with Crippen LogP contribution in [0.25, 0.3) is 0 Å². The maximum Gasteiger partial charge on any atom is 0.231 e. The van der Waals surface area contributed by atoms with Crippen molar-refractivity contribution in [2.24, 2.45) is 0 Å². The highest BCUT2D eigenvalue weighted by Gasteiger charge is 2.31. The van der Waals surface area contributed by atoms with E-state index in [-0.39, 0.29) is 31.1 Å². The molecule has 6 nitrogen and oxygen atoms in total. The monoisotopic (exact) mass is 338 g/mol. The molecule has 0 fully saturated rings. The van der Waals surface area contributed by atoms with E-state index in [1.54, 1.807) is 0 Å². The summed E-state index contributed by atoms with van der Waals surface area (Å²) in [6, 6.07) is 12.8. The van der Waals surface area contributed by atoms with Gasteiger partial charge < -0.3 is 20.1 Å². The zero-order valence-electron chi connectivity index (χ0n) is 13.7. The van der Waals surface area contributed by atoms with E-state index in [9.17, 15) is 9.59 Å². The molecule has 2 aromatic carbocycles. The van der Waals surface area contributed by atoms with Gasteiger partial charge in [-0.1, -0.05) is 24.3 Å². The van der Waals surface area contributed by atoms with Crippen LogP contribution in [0.4, 0.5) is 5.69 Å². The van der Waals surface area contributed by atoms with Crippen molar-refractivity contribution in [2.75, 3.05) is 12.1 Å². The van der Waals surface area contributed by atoms with Crippen LogP contribution in [0.2, 0.25) is 0 Å². The average molecular weight is 338 g/mol. The molecule has 0 radical (unpaired) electrons. The van der Waals surface area contributed by atoms with Crippen molar-refractivity contribution in [3.8, 4) is 11.5 Å². The summed E-state index contributed by atoms with van der Waals surface area (Å²) in [5, 5.41) is 5.81. The zero-order chi connectivity index (χ0) is 17.4. The van der Waals surface area contributed by atoms with Crippen molar-refractivity contribution < 1.29 is 19.1 Å². The lowest BCUT2D eigenvalue weighted by Crippen LogP contribution is -2.36. The molecule has 2 amide bonds. The maximum absolute atomic E-state index is 12.8. The Hall–Kier alpha value is -3.02. The molecule has 0 saturated carbocycles. The summed E-state index contributed by atoms with van der Waals surface area (Å²) in [7, 11) is 0. The van der Waals surface area contributed by atoms with Gasteiger partial charge in [0.15, 0.2) is 11.5 Å². The van der Waals surface area contributed by atoms with Crippen LogP contribution in [0.15, 0.2) is 42.5 Å². The van der Waals surface area contributed by atoms with Crippen molar-refractivity contribution in [2.45, 2.75) is 25.3 Å². The van der Waals surface area contributed by atoms with E-state index in [0.29, 0.717) is 17.2 Å². The molecule has 0 bridgehead atoms. The number of carbonyl (C=O) groups is 2. The van der Waals surface area contributed by atoms with Gasteiger partial charge in [-0.3, -0.25) is 9.59 Å². The fraction of sp³-hybridized carbons (Fsp3) is 0.263. The number of amides is 2. The van der Waals surface area contributed by atoms with Crippen LogP contribution < -0.4 is 20.1 Å². The Morgan fingerprint density at radius 2 is 2.00 bits per heavy atom. The lowest BCUT2D eigenvalue weighted by Gasteiger charge is -2.26. The smallest absolute Gasteiger partial charge is 0.231 e. The number of fused-ring (bicyclic) bond motifs is 2. The van der Waals surface area contributed by atoms with Gasteiger partial charge in [-0.15, -0.1) is 0 Å². The van der Waals surface area contributed by atoms with Gasteiger partial charge in [0.2, 0.25) is 18.6 Å². The maximum atomic E-state index is 12.8. The minimum atomic E-state index is -0.485. The van der Waals surface area contributed by atoms with Gasteiger partial charge in [0.25, 0.3) is 0 Å². The summed E-state index contributed by atoms with van der Waals surface area (Å²) >= 11 is 0. The molecule has 6 heteroatoms. The number of hydrogen-bond donors (Lipinski definition) is 2. The Bertz CT molecular complexity index is 849. The number of nitrogens with one attached hydrogen (secondary N) is 2. The van der Waals surface area contributed by atoms with Crippen molar-refractivity contribution in [3.63, 3.8) is 0 Å². The summed E-state index contributed by atoms with van der Waals surface area (Å²) in [4.78, 5) is 24.7. The number of hydrogen-bond acceptors (Lipinski definition) is 4. The zero-order valence-corrected chi connectivity index (χ0v) is 13.7. The molecule has 2 aliphatic heterocycles. The first-order valence-electron chi connectivity index (χ1n) is 8.20. The van der Waals surface area contributed by atoms with Crippen LogP contribution >= 0.6 is 0 Å². The highest BCUT2D eigenvalue weighted by molar-refractivity contribution is 6.01. The fourth-order valence-corrected chi connectivity index (χ4v) is 3.23. The molecule has 128 valence electrons. The summed E-state index contributed by atoms with van der Waals surface area (Å²) in [5.41, 5.74) is 2.47. The molecular weight excluding hydrogens is 320 g/mol. The van der Waals surface area contributed by atoms with Gasteiger partial charge in [0.1, 0.15) is 0 Å². The van der Waals surface area contributed by atoms with Gasteiger partial charge in [0, 0.05) is 12.1 Å². The third-order valence-electron chi connectivity index (χ3n) is 4.57. The topological polar surface area (TPSA) is 76.7 Å². The molecule has 25 heavy (non-hydrogen) atoms. The number of benzene rings is 2. The van der Waals surface area contributed by atoms with Crippen molar-refractivity contribution in [1.82, 2.24) is 5.32 Å². The standard InChI is InChI=1S/C19H18N2O4/c1-11(12-6-7-16-17(8-12)25-10-24-16)20-19(23)14-9-18(22)21-15-5-3-2-4-13(14)15/h2-8,11,14H,9-10H2,1H3,(H,20,23)(H,21,22). The van der Waals surface area contributed by atoms with E-state index >= 15 is 0 Å². The first-order chi connectivity index (χ1) is 12.1. The molecule has 0 aliphatic carbocycles. The predicted molar refractivity (Wildman–Crippen MR) is 91.6 cm³/mol. The number of ether oxygens (including phenoxy) is 2. The van der Waals surface area contributed by atoms with Gasteiger partial charge in [-0.05, 0) is 36.2 Å². The number of para-hydroxylation sites is 1. The molecule has 2 atom stereocenters. The third kappa shape index (κ3) is 2.91. The van der Waals surface area contributed by atoms with Crippen LogP contribution in [0.5, 0.6) is 11.5 Å². The Kier molecular flexibility index (Phi) is 3.80. The van der Waals surface area contributed by atoms with Crippen LogP contribution in [0, 0.1) is 0 Å². The van der Waals surface area contributed by atoms with E-state index in [2.05, 4.69) is 10.6 Å². The van der Waals surface area contributed by atoms with Crippen LogP contribution in [-0.4, -0.2) is 18.6 Å². The highest BCUT2D eigenvalue weighted by Crippen LogP contribution is 2.35. The molecule has 2 N–H and O–H groups in total. The summed E-state index contributed by atoms with van der Waals surface area (Å²) in [5.74, 6) is 0.601. The van der Waals surface area contributed by atoms with Gasteiger partial charge in [0.05, 0.1) is 12.0 Å². The number of rotatable bonds is 3. The normalized spacial score (nSPS) is 18.9. The third-order valence-corrected chi connectivity index (χ3v) is 4.57. The molecule has 2 aliphatic rings. The van der Waals surface area contributed by atoms with E-state index < -0.39 is 5.92 Å². The van der Waals surface area contributed by atoms with Gasteiger partial charge in [-0.2, -0.15) is 0 Å². The predicted octanol–water partition coefficient (Wildman–Crippen LogP) is 2.72. The van der Waals surface area contributed by atoms with Crippen LogP contribution in [-0.2, 0) is 9.59 Å². The van der Waals surface area contributed by atoms with E-state index in [0.717, 1.165) is 11.1 Å². The molecule has 2 aromatic rings. The SMILES string of the molecule is CC(NC(=O)C1CC(=O)Nc2ccccc21)c1ccc2c(c1)OCO2. The quantitative estimate of drug-likeness (QED) is 0.902. The molecular formula is C19H18N2O4. The van der Waals surface area contributed by atoms with E-state index in [1.807, 2.05) is 49.4 Å². The molecule has 0 spiro atoms. The second-order valence-electron chi connectivity index (χ2n) is 6.24. The van der Waals surface area contributed by atoms with Gasteiger partial charge in [-0.25, -0.2) is 0 Å². The minimum absolute atomic E-state index is 0.144. The first kappa shape index (κ1) is 15.5. The Morgan fingerprint density at radius 3 is 2.88 bits per heavy atom. The van der Waals surface area contributed by atoms with Crippen molar-refractivity contribution >= 4 is 17.5 Å². The highest BCUT2D eigenvalue weighted by atomic mass is 16.7. The van der Waals surface area contributed by atoms with Crippen LogP contribution in [0.3, 0.4) is 0 Å². The number of carbonyl (C=O) groups excluding carboxylic acids is 2. The second-order valence-corrected chi connectivity index (χ2v) is 6.24. The molecule has 2 unspecified atom stereocenters. The van der Waals surface area contributed by atoms with Gasteiger partial charge >= 0.3 is 0 Å². The molecule has 0 aromatic heterocycles. The molecule has 0 saturated heterocycles. The Balaban J connectivity index is 1.53. The van der Waals surface area contributed by atoms with Crippen LogP contribution in [0.1, 0.15) is 36.4 Å². The fourth-order valence-electron chi connectivity index (χ4n) is 3.23. The molecule has 4 rings (SSSR count). The average Bonchev–Trinajstić information content (AvgIpc) is 3.08. The number of anilines is 1. The summed E-state index contributed by atoms with van der Waals surface area (Å²) < 4.78 is 10.7.